The van der Waals surface area contributed by atoms with E-state index in [1.165, 1.54) is 6.07 Å². The van der Waals surface area contributed by atoms with Gasteiger partial charge in [-0.1, -0.05) is 13.0 Å². The number of aryl methyl sites for hydroxylation is 2. The molecule has 15 heavy (non-hydrogen) atoms. The number of halogens is 2. The summed E-state index contributed by atoms with van der Waals surface area (Å²) in [5.74, 6) is -1.04. The third kappa shape index (κ3) is 2.34. The summed E-state index contributed by atoms with van der Waals surface area (Å²) in [5, 5.41) is 0. The van der Waals surface area contributed by atoms with Gasteiger partial charge in [0.25, 0.3) is 0 Å². The Morgan fingerprint density at radius 1 is 1.20 bits per heavy atom. The Morgan fingerprint density at radius 2 is 1.67 bits per heavy atom. The highest BCUT2D eigenvalue weighted by Gasteiger charge is 2.19. The van der Waals surface area contributed by atoms with Gasteiger partial charge in [0.15, 0.2) is 0 Å². The van der Waals surface area contributed by atoms with Crippen LogP contribution in [0.4, 0.5) is 8.78 Å². The standard InChI is InChI=1S/C12H17F2N/c1-7(4-5-15)10-11(13)8(2)6-9(3)12(10)14/h6-7H,4-5,15H2,1-3H3. The summed E-state index contributed by atoms with van der Waals surface area (Å²) in [4.78, 5) is 0. The van der Waals surface area contributed by atoms with Gasteiger partial charge in [0.2, 0.25) is 0 Å². The maximum absolute atomic E-state index is 13.7. The van der Waals surface area contributed by atoms with Crippen LogP contribution in [0.3, 0.4) is 0 Å². The van der Waals surface area contributed by atoms with Crippen LogP contribution in [-0.2, 0) is 0 Å². The molecule has 84 valence electrons. The first-order valence-electron chi connectivity index (χ1n) is 5.14. The Kier molecular flexibility index (Phi) is 3.80. The number of hydrogen-bond acceptors (Lipinski definition) is 1. The molecule has 1 nitrogen and oxygen atoms in total. The van der Waals surface area contributed by atoms with E-state index in [9.17, 15) is 8.78 Å². The Balaban J connectivity index is 3.26. The number of rotatable bonds is 3. The fourth-order valence-corrected chi connectivity index (χ4v) is 1.80. The lowest BCUT2D eigenvalue weighted by Crippen LogP contribution is -2.10. The molecular formula is C12H17F2N. The molecule has 0 spiro atoms. The molecule has 1 atom stereocenters. The van der Waals surface area contributed by atoms with E-state index in [1.54, 1.807) is 20.8 Å². The van der Waals surface area contributed by atoms with Crippen LogP contribution in [0.25, 0.3) is 0 Å². The largest absolute Gasteiger partial charge is 0.330 e. The van der Waals surface area contributed by atoms with Crippen LogP contribution in [0.5, 0.6) is 0 Å². The molecule has 1 aromatic carbocycles. The monoisotopic (exact) mass is 213 g/mol. The van der Waals surface area contributed by atoms with Crippen molar-refractivity contribution in [3.63, 3.8) is 0 Å². The van der Waals surface area contributed by atoms with Crippen molar-refractivity contribution < 1.29 is 8.78 Å². The molecule has 1 unspecified atom stereocenters. The SMILES string of the molecule is Cc1cc(C)c(F)c(C(C)CCN)c1F. The molecule has 0 heterocycles. The zero-order valence-electron chi connectivity index (χ0n) is 9.40. The van der Waals surface area contributed by atoms with Gasteiger partial charge in [-0.15, -0.1) is 0 Å². The first-order valence-corrected chi connectivity index (χ1v) is 5.14. The minimum Gasteiger partial charge on any atom is -0.330 e. The highest BCUT2D eigenvalue weighted by molar-refractivity contribution is 5.34. The number of benzene rings is 1. The predicted octanol–water partition coefficient (Wildman–Crippen LogP) is 3.03. The summed E-state index contributed by atoms with van der Waals surface area (Å²) in [6, 6.07) is 1.53. The third-order valence-corrected chi connectivity index (χ3v) is 2.69. The van der Waals surface area contributed by atoms with Gasteiger partial charge in [0.1, 0.15) is 11.6 Å². The van der Waals surface area contributed by atoms with Gasteiger partial charge >= 0.3 is 0 Å². The topological polar surface area (TPSA) is 26.0 Å². The average molecular weight is 213 g/mol. The van der Waals surface area contributed by atoms with Gasteiger partial charge in [0.05, 0.1) is 0 Å². The minimum atomic E-state index is -0.431. The van der Waals surface area contributed by atoms with Crippen molar-refractivity contribution >= 4 is 0 Å². The van der Waals surface area contributed by atoms with E-state index in [0.29, 0.717) is 24.1 Å². The summed E-state index contributed by atoms with van der Waals surface area (Å²) < 4.78 is 27.5. The van der Waals surface area contributed by atoms with Crippen LogP contribution in [0.15, 0.2) is 6.07 Å². The number of nitrogens with two attached hydrogens (primary N) is 1. The molecule has 0 radical (unpaired) electrons. The molecule has 3 heteroatoms. The van der Waals surface area contributed by atoms with Crippen molar-refractivity contribution in [1.82, 2.24) is 0 Å². The smallest absolute Gasteiger partial charge is 0.132 e. The molecule has 0 aliphatic rings. The molecule has 1 rings (SSSR count). The summed E-state index contributed by atoms with van der Waals surface area (Å²) in [7, 11) is 0. The number of hydrogen-bond donors (Lipinski definition) is 1. The highest BCUT2D eigenvalue weighted by atomic mass is 19.1. The van der Waals surface area contributed by atoms with Crippen molar-refractivity contribution in [3.8, 4) is 0 Å². The van der Waals surface area contributed by atoms with E-state index in [1.807, 2.05) is 0 Å². The molecule has 0 amide bonds. The molecule has 2 N–H and O–H groups in total. The normalized spacial score (nSPS) is 12.9. The molecule has 0 aliphatic carbocycles. The molecule has 0 bridgehead atoms. The van der Waals surface area contributed by atoms with Gasteiger partial charge in [-0.05, 0) is 43.9 Å². The summed E-state index contributed by atoms with van der Waals surface area (Å²) in [6.45, 7) is 5.54. The van der Waals surface area contributed by atoms with Gasteiger partial charge < -0.3 is 5.73 Å². The fourth-order valence-electron chi connectivity index (χ4n) is 1.80. The second kappa shape index (κ2) is 4.71. The Morgan fingerprint density at radius 3 is 2.07 bits per heavy atom. The van der Waals surface area contributed by atoms with Crippen molar-refractivity contribution in [1.29, 1.82) is 0 Å². The van der Waals surface area contributed by atoms with Crippen molar-refractivity contribution in [2.24, 2.45) is 5.73 Å². The highest BCUT2D eigenvalue weighted by Crippen LogP contribution is 2.28. The van der Waals surface area contributed by atoms with E-state index in [4.69, 9.17) is 5.73 Å². The van der Waals surface area contributed by atoms with Gasteiger partial charge in [0, 0.05) is 5.56 Å². The van der Waals surface area contributed by atoms with Crippen LogP contribution in [-0.4, -0.2) is 6.54 Å². The Labute approximate surface area is 89.3 Å². The van der Waals surface area contributed by atoms with Crippen LogP contribution in [0.2, 0.25) is 0 Å². The first kappa shape index (κ1) is 12.1. The van der Waals surface area contributed by atoms with E-state index in [-0.39, 0.29) is 11.5 Å². The lowest BCUT2D eigenvalue weighted by molar-refractivity contribution is 0.514. The van der Waals surface area contributed by atoms with Crippen molar-refractivity contribution in [3.05, 3.63) is 34.4 Å². The summed E-state index contributed by atoms with van der Waals surface area (Å²) >= 11 is 0. The van der Waals surface area contributed by atoms with Crippen LogP contribution < -0.4 is 5.73 Å². The first-order chi connectivity index (χ1) is 6.99. The van der Waals surface area contributed by atoms with E-state index >= 15 is 0 Å². The zero-order chi connectivity index (χ0) is 11.6. The lowest BCUT2D eigenvalue weighted by atomic mass is 9.93. The average Bonchev–Trinajstić information content (AvgIpc) is 2.16. The van der Waals surface area contributed by atoms with Gasteiger partial charge in [-0.3, -0.25) is 0 Å². The Hall–Kier alpha value is -0.960. The van der Waals surface area contributed by atoms with Crippen molar-refractivity contribution in [2.75, 3.05) is 6.54 Å². The summed E-state index contributed by atoms with van der Waals surface area (Å²) in [6.07, 6.45) is 0.594. The molecular weight excluding hydrogens is 196 g/mol. The molecule has 0 saturated carbocycles. The zero-order valence-corrected chi connectivity index (χ0v) is 9.40. The molecule has 0 aromatic heterocycles. The molecule has 0 fully saturated rings. The van der Waals surface area contributed by atoms with Crippen molar-refractivity contribution in [2.45, 2.75) is 33.1 Å². The molecule has 0 aliphatic heterocycles. The minimum absolute atomic E-state index is 0.173. The summed E-state index contributed by atoms with van der Waals surface area (Å²) in [5.41, 5.74) is 6.56. The van der Waals surface area contributed by atoms with E-state index < -0.39 is 11.6 Å². The quantitative estimate of drug-likeness (QED) is 0.820. The predicted molar refractivity (Wildman–Crippen MR) is 57.9 cm³/mol. The third-order valence-electron chi connectivity index (χ3n) is 2.69. The molecule has 0 saturated heterocycles. The maximum Gasteiger partial charge on any atom is 0.132 e. The fraction of sp³-hybridized carbons (Fsp3) is 0.500. The lowest BCUT2D eigenvalue weighted by Gasteiger charge is -2.15. The Bertz CT molecular complexity index is 335. The van der Waals surface area contributed by atoms with E-state index in [0.717, 1.165) is 0 Å². The van der Waals surface area contributed by atoms with Gasteiger partial charge in [-0.2, -0.15) is 0 Å². The van der Waals surface area contributed by atoms with Crippen LogP contribution in [0, 0.1) is 25.5 Å². The van der Waals surface area contributed by atoms with Gasteiger partial charge in [-0.25, -0.2) is 8.78 Å². The second-order valence-electron chi connectivity index (χ2n) is 4.03. The maximum atomic E-state index is 13.7. The molecule has 1 aromatic rings. The van der Waals surface area contributed by atoms with Crippen LogP contribution in [0.1, 0.15) is 36.0 Å². The van der Waals surface area contributed by atoms with Crippen LogP contribution >= 0.6 is 0 Å². The van der Waals surface area contributed by atoms with E-state index in [2.05, 4.69) is 0 Å². The second-order valence-corrected chi connectivity index (χ2v) is 4.03.